The Kier molecular flexibility index (Phi) is 7.67. The zero-order chi connectivity index (χ0) is 26.0. The van der Waals surface area contributed by atoms with Gasteiger partial charge in [0.2, 0.25) is 5.88 Å². The fraction of sp³-hybridized carbons (Fsp3) is 0.130. The summed E-state index contributed by atoms with van der Waals surface area (Å²) in [6, 6.07) is 9.52. The summed E-state index contributed by atoms with van der Waals surface area (Å²) < 4.78 is 13.6. The molecule has 184 valence electrons. The molecular formula is C23H16Br2ClN5O5. The van der Waals surface area contributed by atoms with Crippen LogP contribution >= 0.6 is 43.5 Å². The third kappa shape index (κ3) is 5.11. The van der Waals surface area contributed by atoms with Gasteiger partial charge in [0.05, 0.1) is 29.2 Å². The molecule has 4 aromatic rings. The maximum atomic E-state index is 13.1. The average molecular weight is 638 g/mol. The first kappa shape index (κ1) is 25.7. The molecule has 2 aromatic carbocycles. The maximum Gasteiger partial charge on any atom is 0.287 e. The van der Waals surface area contributed by atoms with Crippen molar-refractivity contribution in [2.75, 3.05) is 7.11 Å². The lowest BCUT2D eigenvalue weighted by Crippen LogP contribution is -2.22. The van der Waals surface area contributed by atoms with Crippen molar-refractivity contribution in [2.45, 2.75) is 13.3 Å². The van der Waals surface area contributed by atoms with Crippen molar-refractivity contribution in [2.24, 2.45) is 5.10 Å². The number of fused-ring (bicyclic) bond motifs is 1. The van der Waals surface area contributed by atoms with Crippen molar-refractivity contribution in [3.8, 4) is 17.4 Å². The minimum absolute atomic E-state index is 0.0849. The van der Waals surface area contributed by atoms with Crippen molar-refractivity contribution < 1.29 is 14.4 Å². The zero-order valence-corrected chi connectivity index (χ0v) is 22.7. The van der Waals surface area contributed by atoms with E-state index >= 15 is 0 Å². The van der Waals surface area contributed by atoms with Gasteiger partial charge in [0.25, 0.3) is 11.2 Å². The van der Waals surface area contributed by atoms with E-state index in [1.54, 1.807) is 18.2 Å². The van der Waals surface area contributed by atoms with Gasteiger partial charge in [0.1, 0.15) is 17.0 Å². The summed E-state index contributed by atoms with van der Waals surface area (Å²) in [5.41, 5.74) is 0.598. The minimum atomic E-state index is -0.561. The molecular weight excluding hydrogens is 622 g/mol. The van der Waals surface area contributed by atoms with Crippen molar-refractivity contribution in [3.63, 3.8) is 0 Å². The molecule has 0 radical (unpaired) electrons. The van der Waals surface area contributed by atoms with Crippen LogP contribution in [0.1, 0.15) is 18.3 Å². The van der Waals surface area contributed by atoms with Crippen LogP contribution in [0.3, 0.4) is 0 Å². The smallest absolute Gasteiger partial charge is 0.287 e. The number of rotatable bonds is 7. The number of nitro groups is 1. The number of ether oxygens (including phenoxy) is 2. The van der Waals surface area contributed by atoms with E-state index in [1.165, 1.54) is 30.1 Å². The number of hydrogen-bond acceptors (Lipinski definition) is 8. The molecule has 2 heterocycles. The lowest BCUT2D eigenvalue weighted by molar-refractivity contribution is -0.385. The molecule has 2 aromatic heterocycles. The number of benzene rings is 2. The molecule has 0 unspecified atom stereocenters. The Morgan fingerprint density at radius 2 is 2.03 bits per heavy atom. The summed E-state index contributed by atoms with van der Waals surface area (Å²) in [7, 11) is 1.43. The molecule has 0 amide bonds. The van der Waals surface area contributed by atoms with E-state index < -0.39 is 4.92 Å². The van der Waals surface area contributed by atoms with E-state index in [-0.39, 0.29) is 33.6 Å². The van der Waals surface area contributed by atoms with Gasteiger partial charge in [0, 0.05) is 33.1 Å². The molecule has 4 rings (SSSR count). The largest absolute Gasteiger partial charge is 0.493 e. The summed E-state index contributed by atoms with van der Waals surface area (Å²) in [6.07, 6.45) is 3.02. The van der Waals surface area contributed by atoms with Gasteiger partial charge in [-0.3, -0.25) is 14.9 Å². The Morgan fingerprint density at radius 3 is 2.67 bits per heavy atom. The second kappa shape index (κ2) is 10.7. The van der Waals surface area contributed by atoms with Gasteiger partial charge >= 0.3 is 0 Å². The van der Waals surface area contributed by atoms with E-state index in [9.17, 15) is 14.9 Å². The van der Waals surface area contributed by atoms with Crippen LogP contribution in [-0.2, 0) is 6.42 Å². The molecule has 0 saturated heterocycles. The molecule has 13 heteroatoms. The third-order valence-corrected chi connectivity index (χ3v) is 6.95. The fourth-order valence-corrected chi connectivity index (χ4v) is 4.25. The number of halogens is 3. The number of pyridine rings is 1. The first-order valence-electron chi connectivity index (χ1n) is 10.3. The quantitative estimate of drug-likeness (QED) is 0.136. The summed E-state index contributed by atoms with van der Waals surface area (Å²) in [4.78, 5) is 31.9. The van der Waals surface area contributed by atoms with Crippen molar-refractivity contribution in [3.05, 3.63) is 88.4 Å². The molecule has 0 spiro atoms. The second-order valence-corrected chi connectivity index (χ2v) is 9.33. The molecule has 36 heavy (non-hydrogen) atoms. The highest BCUT2D eigenvalue weighted by Gasteiger charge is 2.19. The van der Waals surface area contributed by atoms with Crippen LogP contribution in [0.4, 0.5) is 5.69 Å². The van der Waals surface area contributed by atoms with Crippen LogP contribution in [0, 0.1) is 10.1 Å². The number of aromatic nitrogens is 3. The maximum absolute atomic E-state index is 13.1. The van der Waals surface area contributed by atoms with Gasteiger partial charge in [-0.15, -0.1) is 0 Å². The highest BCUT2D eigenvalue weighted by molar-refractivity contribution is 9.10. The lowest BCUT2D eigenvalue weighted by Gasteiger charge is -2.14. The summed E-state index contributed by atoms with van der Waals surface area (Å²) in [5.74, 6) is 0.979. The van der Waals surface area contributed by atoms with Gasteiger partial charge in [-0.1, -0.05) is 34.5 Å². The molecule has 10 nitrogen and oxygen atoms in total. The number of nitrogens with zero attached hydrogens (tertiary/aromatic N) is 5. The highest BCUT2D eigenvalue weighted by atomic mass is 79.9. The molecule has 0 saturated carbocycles. The average Bonchev–Trinajstić information content (AvgIpc) is 2.87. The normalized spacial score (nSPS) is 11.2. The Morgan fingerprint density at radius 1 is 1.25 bits per heavy atom. The van der Waals surface area contributed by atoms with Gasteiger partial charge in [-0.2, -0.15) is 9.78 Å². The lowest BCUT2D eigenvalue weighted by atomic mass is 10.2. The van der Waals surface area contributed by atoms with Crippen LogP contribution in [0.2, 0.25) is 5.02 Å². The monoisotopic (exact) mass is 635 g/mol. The molecule has 0 N–H and O–H groups in total. The Balaban J connectivity index is 1.74. The predicted octanol–water partition coefficient (Wildman–Crippen LogP) is 6.12. The number of hydrogen-bond donors (Lipinski definition) is 0. The molecule has 0 aliphatic carbocycles. The van der Waals surface area contributed by atoms with E-state index in [2.05, 4.69) is 46.9 Å². The SMILES string of the molecule is CCc1nc2ccc(Br)cc2c(=O)n1N=Cc1cc(OC)c(Oc2ccc([N+](=O)[O-])cn2)c(Cl)c1Br. The standard InChI is InChI=1S/C23H16Br2ClN5O5/c1-3-18-29-16-6-4-13(24)9-15(16)23(32)30(18)28-10-12-8-17(35-2)22(21(26)20(12)25)36-19-7-5-14(11-27-19)31(33)34/h4-11H,3H2,1-2H3. The topological polar surface area (TPSA) is 122 Å². The van der Waals surface area contributed by atoms with Crippen LogP contribution in [0.25, 0.3) is 10.9 Å². The molecule has 0 fully saturated rings. The van der Waals surface area contributed by atoms with Crippen molar-refractivity contribution in [1.29, 1.82) is 0 Å². The Bertz CT molecular complexity index is 1570. The first-order chi connectivity index (χ1) is 17.2. The van der Waals surface area contributed by atoms with Crippen LogP contribution < -0.4 is 15.0 Å². The van der Waals surface area contributed by atoms with Crippen molar-refractivity contribution >= 4 is 66.3 Å². The van der Waals surface area contributed by atoms with E-state index in [0.29, 0.717) is 33.2 Å². The van der Waals surface area contributed by atoms with E-state index in [0.717, 1.165) is 10.7 Å². The fourth-order valence-electron chi connectivity index (χ4n) is 3.25. The molecule has 0 atom stereocenters. The Labute approximate surface area is 226 Å². The number of methoxy groups -OCH3 is 1. The first-order valence-corrected chi connectivity index (χ1v) is 12.3. The minimum Gasteiger partial charge on any atom is -0.493 e. The van der Waals surface area contributed by atoms with Gasteiger partial charge in [0.15, 0.2) is 11.5 Å². The van der Waals surface area contributed by atoms with E-state index in [1.807, 2.05) is 13.0 Å². The summed E-state index contributed by atoms with van der Waals surface area (Å²) in [6.45, 7) is 1.88. The Hall–Kier alpha value is -3.35. The van der Waals surface area contributed by atoms with Gasteiger partial charge < -0.3 is 9.47 Å². The predicted molar refractivity (Wildman–Crippen MR) is 143 cm³/mol. The second-order valence-electron chi connectivity index (χ2n) is 7.24. The molecule has 0 bridgehead atoms. The van der Waals surface area contributed by atoms with Gasteiger partial charge in [-0.25, -0.2) is 9.97 Å². The highest BCUT2D eigenvalue weighted by Crippen LogP contribution is 2.44. The molecule has 0 aliphatic heterocycles. The molecule has 0 aliphatic rings. The third-order valence-electron chi connectivity index (χ3n) is 5.02. The van der Waals surface area contributed by atoms with Crippen molar-refractivity contribution in [1.82, 2.24) is 14.6 Å². The van der Waals surface area contributed by atoms with Gasteiger partial charge in [-0.05, 0) is 40.2 Å². The van der Waals surface area contributed by atoms with E-state index in [4.69, 9.17) is 21.1 Å². The van der Waals surface area contributed by atoms with Crippen LogP contribution in [0.15, 0.2) is 61.4 Å². The summed E-state index contributed by atoms with van der Waals surface area (Å²) in [5, 5.41) is 15.8. The zero-order valence-electron chi connectivity index (χ0n) is 18.7. The van der Waals surface area contributed by atoms with Crippen LogP contribution in [-0.4, -0.2) is 32.9 Å². The summed E-state index contributed by atoms with van der Waals surface area (Å²) >= 11 is 13.4. The number of aryl methyl sites for hydroxylation is 1. The van der Waals surface area contributed by atoms with Crippen LogP contribution in [0.5, 0.6) is 17.4 Å².